The van der Waals surface area contributed by atoms with Gasteiger partial charge in [-0.05, 0) is 52.3 Å². The molecule has 7 nitrogen and oxygen atoms in total. The second-order valence-corrected chi connectivity index (χ2v) is 6.53. The van der Waals surface area contributed by atoms with Gasteiger partial charge in [0.1, 0.15) is 5.60 Å². The monoisotopic (exact) mass is 350 g/mol. The van der Waals surface area contributed by atoms with Gasteiger partial charge in [0.05, 0.1) is 5.52 Å². The Morgan fingerprint density at radius 2 is 2.04 bits per heavy atom. The molecule has 0 aromatic carbocycles. The maximum Gasteiger partial charge on any atom is 0.327 e. The first kappa shape index (κ1) is 20.9. The highest BCUT2D eigenvalue weighted by molar-refractivity contribution is 5.71. The van der Waals surface area contributed by atoms with Crippen LogP contribution < -0.4 is 11.4 Å². The zero-order valence-electron chi connectivity index (χ0n) is 15.8. The van der Waals surface area contributed by atoms with Crippen molar-refractivity contribution in [2.45, 2.75) is 65.5 Å². The van der Waals surface area contributed by atoms with Crippen LogP contribution in [0.25, 0.3) is 11.2 Å². The Morgan fingerprint density at radius 3 is 2.64 bits per heavy atom. The van der Waals surface area contributed by atoms with Crippen LogP contribution in [0.2, 0.25) is 0 Å². The zero-order valence-corrected chi connectivity index (χ0v) is 15.8. The number of fused-ring (bicyclic) bond motifs is 1. The van der Waals surface area contributed by atoms with E-state index in [0.29, 0.717) is 25.0 Å². The van der Waals surface area contributed by atoms with E-state index in [1.165, 1.54) is 0 Å². The van der Waals surface area contributed by atoms with Crippen molar-refractivity contribution in [3.8, 4) is 0 Å². The summed E-state index contributed by atoms with van der Waals surface area (Å²) < 4.78 is 6.96. The molecule has 1 atom stereocenters. The predicted molar refractivity (Wildman–Crippen MR) is 99.5 cm³/mol. The van der Waals surface area contributed by atoms with Crippen molar-refractivity contribution >= 4 is 17.1 Å². The van der Waals surface area contributed by atoms with Gasteiger partial charge in [0.25, 0.3) is 0 Å². The van der Waals surface area contributed by atoms with Crippen molar-refractivity contribution in [1.82, 2.24) is 14.5 Å². The average Bonchev–Trinajstić information content (AvgIpc) is 2.87. The molecule has 0 spiro atoms. The van der Waals surface area contributed by atoms with Gasteiger partial charge in [-0.1, -0.05) is 13.8 Å². The molecule has 1 unspecified atom stereocenters. The fraction of sp³-hybridized carbons (Fsp3) is 0.611. The number of pyridine rings is 1. The molecule has 2 aromatic heterocycles. The molecule has 0 radical (unpaired) electrons. The number of esters is 1. The van der Waals surface area contributed by atoms with Gasteiger partial charge in [-0.3, -0.25) is 14.3 Å². The van der Waals surface area contributed by atoms with Gasteiger partial charge in [-0.2, -0.15) is 0 Å². The Balaban J connectivity index is 0.00000151. The van der Waals surface area contributed by atoms with Gasteiger partial charge in [-0.15, -0.1) is 0 Å². The molecule has 0 saturated heterocycles. The van der Waals surface area contributed by atoms with Crippen molar-refractivity contribution in [1.29, 1.82) is 0 Å². The van der Waals surface area contributed by atoms with Gasteiger partial charge in [0, 0.05) is 18.7 Å². The Labute approximate surface area is 148 Å². The third kappa shape index (κ3) is 6.01. The summed E-state index contributed by atoms with van der Waals surface area (Å²) in [4.78, 5) is 31.0. The molecule has 7 heteroatoms. The lowest BCUT2D eigenvalue weighted by atomic mass is 10.1. The molecule has 2 rings (SSSR count). The lowest BCUT2D eigenvalue weighted by molar-refractivity contribution is -0.155. The molecule has 2 aromatic rings. The highest BCUT2D eigenvalue weighted by Gasteiger charge is 2.21. The highest BCUT2D eigenvalue weighted by Crippen LogP contribution is 2.21. The minimum atomic E-state index is -0.512. The smallest absolute Gasteiger partial charge is 0.327 e. The largest absolute Gasteiger partial charge is 0.460 e. The number of nitrogens with zero attached hydrogens (tertiary/aromatic N) is 2. The third-order valence-electron chi connectivity index (χ3n) is 3.46. The van der Waals surface area contributed by atoms with Gasteiger partial charge >= 0.3 is 11.7 Å². The second-order valence-electron chi connectivity index (χ2n) is 6.53. The van der Waals surface area contributed by atoms with Gasteiger partial charge in [-0.25, -0.2) is 9.78 Å². The number of carbonyl (C=O) groups is 1. The van der Waals surface area contributed by atoms with Crippen molar-refractivity contribution in [3.05, 3.63) is 28.8 Å². The number of H-pyrrole nitrogens is 1. The molecule has 0 fully saturated rings. The molecule has 0 bridgehead atoms. The van der Waals surface area contributed by atoms with Crippen LogP contribution in [0.3, 0.4) is 0 Å². The third-order valence-corrected chi connectivity index (χ3v) is 3.46. The van der Waals surface area contributed by atoms with Crippen molar-refractivity contribution in [2.24, 2.45) is 5.73 Å². The van der Waals surface area contributed by atoms with Gasteiger partial charge in [0.2, 0.25) is 0 Å². The summed E-state index contributed by atoms with van der Waals surface area (Å²) in [5.74, 6) is -0.273. The summed E-state index contributed by atoms with van der Waals surface area (Å²) in [6.07, 6.45) is 2.96. The van der Waals surface area contributed by atoms with E-state index in [9.17, 15) is 9.59 Å². The molecular formula is C18H30N4O3. The van der Waals surface area contributed by atoms with E-state index >= 15 is 0 Å². The summed E-state index contributed by atoms with van der Waals surface area (Å²) in [5, 5.41) is 0. The number of aromatic amines is 1. The van der Waals surface area contributed by atoms with Crippen LogP contribution in [0, 0.1) is 0 Å². The topological polar surface area (TPSA) is 103 Å². The second kappa shape index (κ2) is 9.36. The van der Waals surface area contributed by atoms with E-state index in [1.54, 1.807) is 16.8 Å². The molecule has 0 amide bonds. The number of nitrogens with one attached hydrogen (secondary N) is 1. The van der Waals surface area contributed by atoms with Gasteiger partial charge < -0.3 is 10.5 Å². The van der Waals surface area contributed by atoms with Crippen molar-refractivity contribution in [2.75, 3.05) is 6.54 Å². The molecule has 2 heterocycles. The highest BCUT2D eigenvalue weighted by atomic mass is 16.6. The quantitative estimate of drug-likeness (QED) is 0.780. The van der Waals surface area contributed by atoms with Crippen LogP contribution in [-0.2, 0) is 9.53 Å². The number of imidazole rings is 1. The maximum atomic E-state index is 12.2. The lowest BCUT2D eigenvalue weighted by Crippen LogP contribution is -2.27. The Morgan fingerprint density at radius 1 is 1.36 bits per heavy atom. The number of nitrogens with two attached hydrogens (primary N) is 1. The number of ether oxygens (including phenoxy) is 1. The van der Waals surface area contributed by atoms with E-state index in [-0.39, 0.29) is 24.1 Å². The average molecular weight is 350 g/mol. The Kier molecular flexibility index (Phi) is 7.83. The number of rotatable bonds is 6. The summed E-state index contributed by atoms with van der Waals surface area (Å²) in [6.45, 7) is 9.92. The predicted octanol–water partition coefficient (Wildman–Crippen LogP) is 2.76. The van der Waals surface area contributed by atoms with Crippen molar-refractivity contribution in [3.63, 3.8) is 0 Å². The molecule has 25 heavy (non-hydrogen) atoms. The Hall–Kier alpha value is -2.15. The molecule has 3 N–H and O–H groups in total. The first-order valence-electron chi connectivity index (χ1n) is 8.79. The van der Waals surface area contributed by atoms with Crippen LogP contribution in [0.1, 0.15) is 59.9 Å². The lowest BCUT2D eigenvalue weighted by Gasteiger charge is -2.21. The molecule has 0 saturated carbocycles. The fourth-order valence-electron chi connectivity index (χ4n) is 2.59. The summed E-state index contributed by atoms with van der Waals surface area (Å²) in [6, 6.07) is 3.44. The van der Waals surface area contributed by atoms with E-state index in [1.807, 2.05) is 40.7 Å². The number of hydrogen-bond donors (Lipinski definition) is 2. The molecular weight excluding hydrogens is 320 g/mol. The molecule has 0 aliphatic heterocycles. The minimum absolute atomic E-state index is 0.169. The number of hydrogen-bond acceptors (Lipinski definition) is 5. The van der Waals surface area contributed by atoms with E-state index in [0.717, 1.165) is 5.52 Å². The minimum Gasteiger partial charge on any atom is -0.460 e. The van der Waals surface area contributed by atoms with E-state index in [2.05, 4.69) is 9.97 Å². The van der Waals surface area contributed by atoms with Crippen molar-refractivity contribution < 1.29 is 9.53 Å². The normalized spacial score (nSPS) is 12.4. The summed E-state index contributed by atoms with van der Waals surface area (Å²) >= 11 is 0. The summed E-state index contributed by atoms with van der Waals surface area (Å²) in [7, 11) is 0. The van der Waals surface area contributed by atoms with Crippen LogP contribution in [-0.4, -0.2) is 32.7 Å². The van der Waals surface area contributed by atoms with Crippen LogP contribution >= 0.6 is 0 Å². The number of aromatic nitrogens is 3. The maximum absolute atomic E-state index is 12.2. The standard InChI is InChI=1S/C16H24N4O3.C2H6/c1-16(2,3)23-13(21)7-6-11(8-9-17)20-12-5-4-10-18-14(12)19-15(20)22;1-2/h4-5,10-11H,6-9,17H2,1-3H3,(H,18,19,22);1-2H3. The SMILES string of the molecule is CC.CC(C)(C)OC(=O)CCC(CCN)n1c(=O)[nH]c2ncccc21. The van der Waals surface area contributed by atoms with E-state index in [4.69, 9.17) is 10.5 Å². The van der Waals surface area contributed by atoms with E-state index < -0.39 is 5.60 Å². The summed E-state index contributed by atoms with van der Waals surface area (Å²) in [5.41, 5.74) is 6.19. The number of carbonyl (C=O) groups excluding carboxylic acids is 1. The molecule has 0 aliphatic carbocycles. The molecule has 140 valence electrons. The molecule has 0 aliphatic rings. The zero-order chi connectivity index (χ0) is 19.0. The fourth-order valence-corrected chi connectivity index (χ4v) is 2.59. The van der Waals surface area contributed by atoms with Crippen LogP contribution in [0.4, 0.5) is 0 Å². The van der Waals surface area contributed by atoms with Gasteiger partial charge in [0.15, 0.2) is 5.65 Å². The van der Waals surface area contributed by atoms with Crippen LogP contribution in [0.15, 0.2) is 23.1 Å². The first-order valence-corrected chi connectivity index (χ1v) is 8.79. The Bertz CT molecular complexity index is 728. The first-order chi connectivity index (χ1) is 11.8. The van der Waals surface area contributed by atoms with Crippen LogP contribution in [0.5, 0.6) is 0 Å².